The smallest absolute Gasteiger partial charge is 0.416 e. The monoisotopic (exact) mass is 353 g/mol. The van der Waals surface area contributed by atoms with Gasteiger partial charge in [0.1, 0.15) is 5.52 Å². The fourth-order valence-electron chi connectivity index (χ4n) is 2.77. The third-order valence-electron chi connectivity index (χ3n) is 4.06. The van der Waals surface area contributed by atoms with E-state index in [0.29, 0.717) is 5.89 Å². The molecule has 0 bridgehead atoms. The first kappa shape index (κ1) is 15.9. The van der Waals surface area contributed by atoms with Gasteiger partial charge in [-0.05, 0) is 44.1 Å². The van der Waals surface area contributed by atoms with Gasteiger partial charge >= 0.3 is 18.2 Å². The third kappa shape index (κ3) is 3.29. The number of alkyl halides is 3. The number of hydrogen-bond donors (Lipinski definition) is 2. The van der Waals surface area contributed by atoms with E-state index in [2.05, 4.69) is 25.8 Å². The lowest BCUT2D eigenvalue weighted by atomic mass is 9.98. The number of nitrogens with zero attached hydrogens (tertiary/aromatic N) is 3. The maximum absolute atomic E-state index is 12.7. The van der Waals surface area contributed by atoms with Crippen molar-refractivity contribution in [2.24, 2.45) is 0 Å². The number of piperidine rings is 1. The molecule has 0 radical (unpaired) electrons. The summed E-state index contributed by atoms with van der Waals surface area (Å²) in [4.78, 5) is 3.99. The summed E-state index contributed by atoms with van der Waals surface area (Å²) in [6.45, 7) is 1.78. The number of halogens is 3. The van der Waals surface area contributed by atoms with E-state index in [4.69, 9.17) is 8.83 Å². The summed E-state index contributed by atoms with van der Waals surface area (Å²) in [6.07, 6.45) is -2.62. The van der Waals surface area contributed by atoms with Gasteiger partial charge in [-0.15, -0.1) is 5.10 Å². The highest BCUT2D eigenvalue weighted by Crippen LogP contribution is 2.32. The average Bonchev–Trinajstić information content (AvgIpc) is 3.20. The summed E-state index contributed by atoms with van der Waals surface area (Å²) in [5.41, 5.74) is -0.463. The van der Waals surface area contributed by atoms with E-state index in [-0.39, 0.29) is 29.0 Å². The maximum Gasteiger partial charge on any atom is 0.416 e. The molecule has 4 rings (SSSR count). The van der Waals surface area contributed by atoms with Gasteiger partial charge in [-0.25, -0.2) is 0 Å². The lowest BCUT2D eigenvalue weighted by Crippen LogP contribution is -2.26. The zero-order valence-electron chi connectivity index (χ0n) is 12.9. The van der Waals surface area contributed by atoms with Crippen LogP contribution in [0, 0.1) is 0 Å². The first-order chi connectivity index (χ1) is 12.0. The molecule has 1 saturated heterocycles. The van der Waals surface area contributed by atoms with Crippen LogP contribution >= 0.6 is 0 Å². The Kier molecular flexibility index (Phi) is 3.83. The van der Waals surface area contributed by atoms with Crippen molar-refractivity contribution in [2.45, 2.75) is 24.9 Å². The Morgan fingerprint density at radius 3 is 2.64 bits per heavy atom. The molecule has 0 atom stereocenters. The van der Waals surface area contributed by atoms with Crippen LogP contribution in [0.2, 0.25) is 0 Å². The Morgan fingerprint density at radius 1 is 1.08 bits per heavy atom. The van der Waals surface area contributed by atoms with Gasteiger partial charge in [0.2, 0.25) is 5.89 Å². The molecule has 3 heterocycles. The van der Waals surface area contributed by atoms with E-state index in [1.807, 2.05) is 0 Å². The number of oxazole rings is 1. The standard InChI is InChI=1S/C15H14F3N5O2/c16-15(17,18)9-1-2-11-10(7-9)20-13(24-11)21-14-23-22-12(25-14)8-3-5-19-6-4-8/h1-2,7-8,19H,3-6H2,(H,20,21,23). The summed E-state index contributed by atoms with van der Waals surface area (Å²) >= 11 is 0. The molecule has 1 fully saturated rings. The number of benzene rings is 1. The molecule has 0 amide bonds. The Labute approximate surface area is 139 Å². The quantitative estimate of drug-likeness (QED) is 0.745. The lowest BCUT2D eigenvalue weighted by Gasteiger charge is -2.18. The minimum Gasteiger partial charge on any atom is -0.423 e. The van der Waals surface area contributed by atoms with Crippen LogP contribution in [0.3, 0.4) is 0 Å². The van der Waals surface area contributed by atoms with Crippen LogP contribution < -0.4 is 10.6 Å². The molecular weight excluding hydrogens is 339 g/mol. The maximum atomic E-state index is 12.7. The minimum atomic E-state index is -4.43. The second-order valence-electron chi connectivity index (χ2n) is 5.79. The molecule has 25 heavy (non-hydrogen) atoms. The molecule has 7 nitrogen and oxygen atoms in total. The van der Waals surface area contributed by atoms with E-state index in [9.17, 15) is 13.2 Å². The van der Waals surface area contributed by atoms with Crippen molar-refractivity contribution in [3.63, 3.8) is 0 Å². The summed E-state index contributed by atoms with van der Waals surface area (Å²) in [5, 5.41) is 13.8. The molecule has 0 saturated carbocycles. The zero-order chi connectivity index (χ0) is 17.4. The van der Waals surface area contributed by atoms with Crippen LogP contribution in [0.15, 0.2) is 27.0 Å². The van der Waals surface area contributed by atoms with Crippen LogP contribution in [0.1, 0.15) is 30.2 Å². The molecular formula is C15H14F3N5O2. The first-order valence-electron chi connectivity index (χ1n) is 7.78. The summed E-state index contributed by atoms with van der Waals surface area (Å²) in [5.74, 6) is 0.724. The van der Waals surface area contributed by atoms with Crippen molar-refractivity contribution < 1.29 is 22.0 Å². The normalized spacial score (nSPS) is 16.4. The van der Waals surface area contributed by atoms with Crippen molar-refractivity contribution in [1.82, 2.24) is 20.5 Å². The van der Waals surface area contributed by atoms with E-state index in [0.717, 1.165) is 38.1 Å². The zero-order valence-corrected chi connectivity index (χ0v) is 12.9. The van der Waals surface area contributed by atoms with Gasteiger partial charge in [0.15, 0.2) is 5.58 Å². The van der Waals surface area contributed by atoms with E-state index in [1.54, 1.807) is 0 Å². The number of rotatable bonds is 3. The second kappa shape index (κ2) is 6.03. The fourth-order valence-corrected chi connectivity index (χ4v) is 2.77. The van der Waals surface area contributed by atoms with Crippen molar-refractivity contribution in [3.8, 4) is 0 Å². The Balaban J connectivity index is 1.53. The molecule has 0 unspecified atom stereocenters. The molecule has 1 aliphatic rings. The molecule has 0 spiro atoms. The summed E-state index contributed by atoms with van der Waals surface area (Å²) in [7, 11) is 0. The SMILES string of the molecule is FC(F)(F)c1ccc2oc(Nc3nnc(C4CCNCC4)o3)nc2c1. The largest absolute Gasteiger partial charge is 0.423 e. The van der Waals surface area contributed by atoms with Crippen LogP contribution in [-0.2, 0) is 6.18 Å². The third-order valence-corrected chi connectivity index (χ3v) is 4.06. The molecule has 1 aliphatic heterocycles. The molecule has 2 N–H and O–H groups in total. The van der Waals surface area contributed by atoms with Crippen molar-refractivity contribution in [1.29, 1.82) is 0 Å². The second-order valence-corrected chi connectivity index (χ2v) is 5.79. The van der Waals surface area contributed by atoms with Crippen molar-refractivity contribution in [2.75, 3.05) is 18.4 Å². The topological polar surface area (TPSA) is 89.0 Å². The number of anilines is 2. The molecule has 10 heteroatoms. The first-order valence-corrected chi connectivity index (χ1v) is 7.78. The van der Waals surface area contributed by atoms with Gasteiger partial charge in [0.25, 0.3) is 0 Å². The predicted molar refractivity (Wildman–Crippen MR) is 81.4 cm³/mol. The molecule has 2 aromatic heterocycles. The Bertz CT molecular complexity index is 883. The van der Waals surface area contributed by atoms with Gasteiger partial charge in [-0.3, -0.25) is 5.32 Å². The summed E-state index contributed by atoms with van der Waals surface area (Å²) in [6, 6.07) is 3.19. The van der Waals surface area contributed by atoms with Crippen LogP contribution in [-0.4, -0.2) is 28.3 Å². The Morgan fingerprint density at radius 2 is 1.88 bits per heavy atom. The van der Waals surface area contributed by atoms with Gasteiger partial charge in [-0.2, -0.15) is 18.2 Å². The van der Waals surface area contributed by atoms with E-state index in [1.165, 1.54) is 6.07 Å². The summed E-state index contributed by atoms with van der Waals surface area (Å²) < 4.78 is 49.1. The van der Waals surface area contributed by atoms with Gasteiger partial charge in [0, 0.05) is 5.92 Å². The highest BCUT2D eigenvalue weighted by atomic mass is 19.4. The van der Waals surface area contributed by atoms with Crippen LogP contribution in [0.5, 0.6) is 0 Å². The average molecular weight is 353 g/mol. The van der Waals surface area contributed by atoms with Crippen LogP contribution in [0.25, 0.3) is 11.1 Å². The van der Waals surface area contributed by atoms with Gasteiger partial charge in [0.05, 0.1) is 5.56 Å². The van der Waals surface area contributed by atoms with Crippen LogP contribution in [0.4, 0.5) is 25.2 Å². The highest BCUT2D eigenvalue weighted by molar-refractivity contribution is 5.75. The molecule has 0 aliphatic carbocycles. The van der Waals surface area contributed by atoms with E-state index < -0.39 is 11.7 Å². The fraction of sp³-hybridized carbons (Fsp3) is 0.400. The number of fused-ring (bicyclic) bond motifs is 1. The number of aromatic nitrogens is 3. The molecule has 3 aromatic rings. The minimum absolute atomic E-state index is 0.00478. The number of hydrogen-bond acceptors (Lipinski definition) is 7. The van der Waals surface area contributed by atoms with Gasteiger partial charge in [-0.1, -0.05) is 5.10 Å². The Hall–Kier alpha value is -2.62. The van der Waals surface area contributed by atoms with E-state index >= 15 is 0 Å². The van der Waals surface area contributed by atoms with Gasteiger partial charge < -0.3 is 14.2 Å². The molecule has 132 valence electrons. The highest BCUT2D eigenvalue weighted by Gasteiger charge is 2.31. The lowest BCUT2D eigenvalue weighted by molar-refractivity contribution is -0.137. The predicted octanol–water partition coefficient (Wildman–Crippen LogP) is 3.44. The van der Waals surface area contributed by atoms with Crippen molar-refractivity contribution >= 4 is 23.1 Å². The number of nitrogens with one attached hydrogen (secondary N) is 2. The molecule has 1 aromatic carbocycles. The van der Waals surface area contributed by atoms with Crippen molar-refractivity contribution in [3.05, 3.63) is 29.7 Å².